The Morgan fingerprint density at radius 1 is 1.42 bits per heavy atom. The fraction of sp³-hybridized carbons (Fsp3) is 0.182. The number of nitrogens with zero attached hydrogens (tertiary/aromatic N) is 3. The van der Waals surface area contributed by atoms with Crippen molar-refractivity contribution in [2.45, 2.75) is 5.16 Å². The van der Waals surface area contributed by atoms with Gasteiger partial charge in [-0.05, 0) is 18.4 Å². The van der Waals surface area contributed by atoms with E-state index in [4.69, 9.17) is 0 Å². The number of carbonyl (C=O) groups excluding carboxylic acids is 1. The number of methoxy groups -OCH3 is 1. The van der Waals surface area contributed by atoms with Crippen LogP contribution in [0.5, 0.6) is 0 Å². The second kappa shape index (κ2) is 5.61. The van der Waals surface area contributed by atoms with Gasteiger partial charge in [0.2, 0.25) is 0 Å². The van der Waals surface area contributed by atoms with Gasteiger partial charge in [-0.1, -0.05) is 11.8 Å². The van der Waals surface area contributed by atoms with Crippen LogP contribution in [0.25, 0.3) is 11.5 Å². The molecule has 0 fully saturated rings. The van der Waals surface area contributed by atoms with Crippen LogP contribution in [-0.4, -0.2) is 39.3 Å². The van der Waals surface area contributed by atoms with Crippen molar-refractivity contribution in [1.82, 2.24) is 19.9 Å². The molecule has 0 spiro atoms. The lowest BCUT2D eigenvalue weighted by molar-refractivity contribution is 0.0601. The summed E-state index contributed by atoms with van der Waals surface area (Å²) in [5.74, 6) is -0.362. The number of hydrogen-bond donors (Lipinski definition) is 1. The van der Waals surface area contributed by atoms with E-state index in [9.17, 15) is 9.59 Å². The molecule has 98 valence electrons. The number of aromatic nitrogens is 4. The standard InChI is InChI=1S/C11H10N4O3S/c1-18-9(16)6-4-3-5-12-7(6)8-13-10(17)15-11(14-8)19-2/h3-5H,1-2H3,(H,13,14,15,17). The van der Waals surface area contributed by atoms with Gasteiger partial charge in [-0.2, -0.15) is 4.98 Å². The van der Waals surface area contributed by atoms with Crippen LogP contribution in [-0.2, 0) is 4.74 Å². The van der Waals surface area contributed by atoms with Crippen molar-refractivity contribution in [3.05, 3.63) is 34.4 Å². The maximum Gasteiger partial charge on any atom is 0.349 e. The van der Waals surface area contributed by atoms with Gasteiger partial charge >= 0.3 is 11.7 Å². The maximum absolute atomic E-state index is 11.6. The molecule has 7 nitrogen and oxygen atoms in total. The smallest absolute Gasteiger partial charge is 0.349 e. The largest absolute Gasteiger partial charge is 0.465 e. The first-order valence-electron chi connectivity index (χ1n) is 5.21. The quantitative estimate of drug-likeness (QED) is 0.653. The van der Waals surface area contributed by atoms with Gasteiger partial charge in [-0.3, -0.25) is 9.97 Å². The number of carbonyl (C=O) groups is 1. The SMILES string of the molecule is COC(=O)c1cccnc1-c1nc(SC)nc(=O)[nH]1. The van der Waals surface area contributed by atoms with E-state index in [2.05, 4.69) is 24.7 Å². The molecule has 2 aromatic rings. The number of H-pyrrole nitrogens is 1. The molecule has 2 heterocycles. The molecule has 0 aromatic carbocycles. The zero-order valence-electron chi connectivity index (χ0n) is 10.2. The summed E-state index contributed by atoms with van der Waals surface area (Å²) >= 11 is 1.23. The van der Waals surface area contributed by atoms with E-state index in [1.54, 1.807) is 18.4 Å². The summed E-state index contributed by atoms with van der Waals surface area (Å²) in [6.45, 7) is 0. The molecular weight excluding hydrogens is 268 g/mol. The van der Waals surface area contributed by atoms with Crippen molar-refractivity contribution in [1.29, 1.82) is 0 Å². The summed E-state index contributed by atoms with van der Waals surface area (Å²) in [7, 11) is 1.27. The lowest BCUT2D eigenvalue weighted by Crippen LogP contribution is -2.16. The third-order valence-electron chi connectivity index (χ3n) is 2.25. The summed E-state index contributed by atoms with van der Waals surface area (Å²) in [4.78, 5) is 37.4. The van der Waals surface area contributed by atoms with Crippen molar-refractivity contribution >= 4 is 17.7 Å². The highest BCUT2D eigenvalue weighted by Gasteiger charge is 2.16. The maximum atomic E-state index is 11.6. The first kappa shape index (κ1) is 13.2. The Morgan fingerprint density at radius 3 is 2.89 bits per heavy atom. The Balaban J connectivity index is 2.62. The van der Waals surface area contributed by atoms with Crippen LogP contribution in [0.3, 0.4) is 0 Å². The third kappa shape index (κ3) is 2.79. The fourth-order valence-corrected chi connectivity index (χ4v) is 1.79. The van der Waals surface area contributed by atoms with Crippen molar-refractivity contribution in [3.8, 4) is 11.5 Å². The Kier molecular flexibility index (Phi) is 3.91. The van der Waals surface area contributed by atoms with Crippen molar-refractivity contribution < 1.29 is 9.53 Å². The minimum atomic E-state index is -0.548. The van der Waals surface area contributed by atoms with Gasteiger partial charge in [0.1, 0.15) is 5.69 Å². The minimum Gasteiger partial charge on any atom is -0.465 e. The number of rotatable bonds is 3. The van der Waals surface area contributed by atoms with E-state index in [0.717, 1.165) is 0 Å². The number of thioether (sulfide) groups is 1. The van der Waals surface area contributed by atoms with Gasteiger partial charge < -0.3 is 4.74 Å². The van der Waals surface area contributed by atoms with Crippen molar-refractivity contribution in [2.24, 2.45) is 0 Å². The van der Waals surface area contributed by atoms with E-state index in [-0.39, 0.29) is 17.1 Å². The molecular formula is C11H10N4O3S. The highest BCUT2D eigenvalue weighted by molar-refractivity contribution is 7.98. The molecule has 0 saturated heterocycles. The Hall–Kier alpha value is -2.22. The van der Waals surface area contributed by atoms with Crippen LogP contribution < -0.4 is 5.69 Å². The summed E-state index contributed by atoms with van der Waals surface area (Å²) in [6.07, 6.45) is 3.25. The first-order valence-corrected chi connectivity index (χ1v) is 6.44. The highest BCUT2D eigenvalue weighted by atomic mass is 32.2. The number of pyridine rings is 1. The molecule has 19 heavy (non-hydrogen) atoms. The molecule has 0 aliphatic heterocycles. The van der Waals surface area contributed by atoms with Crippen LogP contribution in [0, 0.1) is 0 Å². The van der Waals surface area contributed by atoms with Crippen LogP contribution in [0.15, 0.2) is 28.3 Å². The number of nitrogens with one attached hydrogen (secondary N) is 1. The molecule has 0 radical (unpaired) electrons. The lowest BCUT2D eigenvalue weighted by Gasteiger charge is -2.06. The van der Waals surface area contributed by atoms with Gasteiger partial charge in [-0.25, -0.2) is 14.6 Å². The van der Waals surface area contributed by atoms with Crippen LogP contribution in [0.1, 0.15) is 10.4 Å². The molecule has 2 aromatic heterocycles. The van der Waals surface area contributed by atoms with Gasteiger partial charge in [-0.15, -0.1) is 0 Å². The van der Waals surface area contributed by atoms with Gasteiger partial charge in [0.25, 0.3) is 0 Å². The Labute approximate surface area is 112 Å². The Morgan fingerprint density at radius 2 is 2.21 bits per heavy atom. The molecule has 0 bridgehead atoms. The molecule has 0 unspecified atom stereocenters. The summed E-state index contributed by atoms with van der Waals surface area (Å²) < 4.78 is 4.67. The second-order valence-corrected chi connectivity index (χ2v) is 4.15. The zero-order chi connectivity index (χ0) is 13.8. The zero-order valence-corrected chi connectivity index (χ0v) is 11.0. The molecule has 0 amide bonds. The van der Waals surface area contributed by atoms with Crippen molar-refractivity contribution in [3.63, 3.8) is 0 Å². The second-order valence-electron chi connectivity index (χ2n) is 3.38. The fourth-order valence-electron chi connectivity index (χ4n) is 1.44. The molecule has 1 N–H and O–H groups in total. The molecule has 0 aliphatic carbocycles. The van der Waals surface area contributed by atoms with Gasteiger partial charge in [0.15, 0.2) is 11.0 Å². The average Bonchev–Trinajstić information content (AvgIpc) is 2.45. The number of ether oxygens (including phenoxy) is 1. The topological polar surface area (TPSA) is 97.8 Å². The van der Waals surface area contributed by atoms with Gasteiger partial charge in [0, 0.05) is 6.20 Å². The monoisotopic (exact) mass is 278 g/mol. The molecule has 0 aliphatic rings. The van der Waals surface area contributed by atoms with E-state index >= 15 is 0 Å². The van der Waals surface area contributed by atoms with Crippen LogP contribution in [0.4, 0.5) is 0 Å². The summed E-state index contributed by atoms with van der Waals surface area (Å²) in [6, 6.07) is 3.15. The average molecular weight is 278 g/mol. The Bertz CT molecular complexity index is 671. The molecule has 8 heteroatoms. The summed E-state index contributed by atoms with van der Waals surface area (Å²) in [5.41, 5.74) is -0.0635. The van der Waals surface area contributed by atoms with Crippen LogP contribution >= 0.6 is 11.8 Å². The number of esters is 1. The van der Waals surface area contributed by atoms with E-state index < -0.39 is 11.7 Å². The normalized spacial score (nSPS) is 10.2. The van der Waals surface area contributed by atoms with Crippen LogP contribution in [0.2, 0.25) is 0 Å². The number of hydrogen-bond acceptors (Lipinski definition) is 7. The molecule has 2 rings (SSSR count). The first-order chi connectivity index (χ1) is 9.15. The predicted octanol–water partition coefficient (Wildman–Crippen LogP) is 0.735. The highest BCUT2D eigenvalue weighted by Crippen LogP contribution is 2.18. The number of aromatic amines is 1. The third-order valence-corrected chi connectivity index (χ3v) is 2.80. The minimum absolute atomic E-state index is 0.186. The van der Waals surface area contributed by atoms with E-state index in [1.165, 1.54) is 25.1 Å². The lowest BCUT2D eigenvalue weighted by atomic mass is 10.2. The van der Waals surface area contributed by atoms with E-state index in [1.807, 2.05) is 0 Å². The predicted molar refractivity (Wildman–Crippen MR) is 69.0 cm³/mol. The molecule has 0 atom stereocenters. The van der Waals surface area contributed by atoms with Crippen molar-refractivity contribution in [2.75, 3.05) is 13.4 Å². The summed E-state index contributed by atoms with van der Waals surface area (Å²) in [5, 5.41) is 0.306. The van der Waals surface area contributed by atoms with E-state index in [0.29, 0.717) is 5.16 Å². The van der Waals surface area contributed by atoms with Gasteiger partial charge in [0.05, 0.1) is 12.7 Å². The molecule has 0 saturated carbocycles.